The molecule has 88 valence electrons. The molecule has 0 radical (unpaired) electrons. The first-order valence-electron chi connectivity index (χ1n) is 5.45. The van der Waals surface area contributed by atoms with Gasteiger partial charge in [-0.3, -0.25) is 15.4 Å². The van der Waals surface area contributed by atoms with Crippen LogP contribution in [0.1, 0.15) is 31.9 Å². The number of nitrogens with two attached hydrogens (primary N) is 1. The molecule has 0 aromatic carbocycles. The summed E-state index contributed by atoms with van der Waals surface area (Å²) in [6.45, 7) is 4.87. The molecule has 1 heterocycles. The lowest BCUT2D eigenvalue weighted by Crippen LogP contribution is -2.42. The monoisotopic (exact) mass is 221 g/mol. The van der Waals surface area contributed by atoms with Crippen molar-refractivity contribution in [2.45, 2.75) is 26.3 Å². The number of aliphatic imine (C=N–C) groups is 1. The maximum absolute atomic E-state index is 5.38. The minimum Gasteiger partial charge on any atom is -0.349 e. The van der Waals surface area contributed by atoms with E-state index in [1.807, 2.05) is 25.3 Å². The molecule has 0 spiro atoms. The molecule has 4 N–H and O–H groups in total. The fourth-order valence-electron chi connectivity index (χ4n) is 1.28. The maximum atomic E-state index is 5.38. The van der Waals surface area contributed by atoms with E-state index in [1.54, 1.807) is 6.20 Å². The molecular weight excluding hydrogens is 202 g/mol. The molecule has 0 amide bonds. The number of hydrogen-bond donors (Lipinski definition) is 3. The van der Waals surface area contributed by atoms with Crippen molar-refractivity contribution in [3.8, 4) is 0 Å². The van der Waals surface area contributed by atoms with Crippen molar-refractivity contribution in [2.24, 2.45) is 10.8 Å². The maximum Gasteiger partial charge on any atom is 0.206 e. The summed E-state index contributed by atoms with van der Waals surface area (Å²) < 4.78 is 0. The van der Waals surface area contributed by atoms with Gasteiger partial charge in [-0.25, -0.2) is 5.84 Å². The van der Waals surface area contributed by atoms with Gasteiger partial charge in [-0.2, -0.15) is 0 Å². The Morgan fingerprint density at radius 3 is 3.00 bits per heavy atom. The zero-order valence-corrected chi connectivity index (χ0v) is 9.77. The quantitative estimate of drug-likeness (QED) is 0.306. The molecule has 5 nitrogen and oxygen atoms in total. The normalized spacial score (nSPS) is 13.3. The second kappa shape index (κ2) is 6.79. The lowest BCUT2D eigenvalue weighted by Gasteiger charge is -2.16. The standard InChI is InChI=1S/C11H19N5/c1-3-6-14-11(16-12)15-9(2)10-5-4-7-13-8-10/h4-5,7-9H,3,6,12H2,1-2H3,(H2,14,15,16). The summed E-state index contributed by atoms with van der Waals surface area (Å²) in [6.07, 6.45) is 4.57. The minimum absolute atomic E-state index is 0.125. The van der Waals surface area contributed by atoms with Gasteiger partial charge in [0.15, 0.2) is 0 Å². The average Bonchev–Trinajstić information content (AvgIpc) is 2.35. The molecular formula is C11H19N5. The van der Waals surface area contributed by atoms with E-state index in [2.05, 4.69) is 27.6 Å². The fourth-order valence-corrected chi connectivity index (χ4v) is 1.28. The third kappa shape index (κ3) is 3.86. The molecule has 1 aromatic heterocycles. The molecule has 5 heteroatoms. The van der Waals surface area contributed by atoms with Crippen molar-refractivity contribution < 1.29 is 0 Å². The van der Waals surface area contributed by atoms with Gasteiger partial charge in [-0.1, -0.05) is 13.0 Å². The Hall–Kier alpha value is -1.62. The van der Waals surface area contributed by atoms with Gasteiger partial charge in [-0.15, -0.1) is 0 Å². The smallest absolute Gasteiger partial charge is 0.206 e. The highest BCUT2D eigenvalue weighted by molar-refractivity contribution is 5.79. The molecule has 0 bridgehead atoms. The van der Waals surface area contributed by atoms with E-state index >= 15 is 0 Å². The van der Waals surface area contributed by atoms with Gasteiger partial charge in [0.25, 0.3) is 0 Å². The topological polar surface area (TPSA) is 75.3 Å². The summed E-state index contributed by atoms with van der Waals surface area (Å²) in [5, 5.41) is 3.19. The second-order valence-corrected chi connectivity index (χ2v) is 3.53. The Morgan fingerprint density at radius 1 is 1.62 bits per heavy atom. The first-order valence-corrected chi connectivity index (χ1v) is 5.45. The Labute approximate surface area is 96.1 Å². The number of guanidine groups is 1. The molecule has 1 rings (SSSR count). The molecule has 0 aliphatic rings. The Balaban J connectivity index is 2.59. The van der Waals surface area contributed by atoms with Crippen LogP contribution in [0.5, 0.6) is 0 Å². The molecule has 0 aliphatic heterocycles. The highest BCUT2D eigenvalue weighted by Gasteiger charge is 2.06. The summed E-state index contributed by atoms with van der Waals surface area (Å²) in [7, 11) is 0. The second-order valence-electron chi connectivity index (χ2n) is 3.53. The predicted octanol–water partition coefficient (Wildman–Crippen LogP) is 0.961. The minimum atomic E-state index is 0.125. The number of hydrazine groups is 1. The lowest BCUT2D eigenvalue weighted by atomic mass is 10.1. The Kier molecular flexibility index (Phi) is 5.28. The van der Waals surface area contributed by atoms with Crippen LogP contribution in [0.3, 0.4) is 0 Å². The van der Waals surface area contributed by atoms with Crippen LogP contribution >= 0.6 is 0 Å². The van der Waals surface area contributed by atoms with Crippen molar-refractivity contribution in [3.63, 3.8) is 0 Å². The number of rotatable bonds is 4. The molecule has 0 saturated heterocycles. The largest absolute Gasteiger partial charge is 0.349 e. The van der Waals surface area contributed by atoms with Crippen molar-refractivity contribution in [1.29, 1.82) is 0 Å². The molecule has 0 aliphatic carbocycles. The molecule has 1 atom stereocenters. The fraction of sp³-hybridized carbons (Fsp3) is 0.455. The first-order chi connectivity index (χ1) is 7.77. The van der Waals surface area contributed by atoms with Gasteiger partial charge >= 0.3 is 0 Å². The molecule has 16 heavy (non-hydrogen) atoms. The van der Waals surface area contributed by atoms with Gasteiger partial charge in [0.05, 0.1) is 6.04 Å². The van der Waals surface area contributed by atoms with Crippen molar-refractivity contribution >= 4 is 5.96 Å². The Bertz CT molecular complexity index is 322. The van der Waals surface area contributed by atoms with E-state index in [1.165, 1.54) is 0 Å². The van der Waals surface area contributed by atoms with Crippen molar-refractivity contribution in [3.05, 3.63) is 30.1 Å². The van der Waals surface area contributed by atoms with Crippen LogP contribution in [-0.2, 0) is 0 Å². The van der Waals surface area contributed by atoms with E-state index in [9.17, 15) is 0 Å². The lowest BCUT2D eigenvalue weighted by molar-refractivity contribution is 0.684. The Morgan fingerprint density at radius 2 is 2.44 bits per heavy atom. The predicted molar refractivity (Wildman–Crippen MR) is 65.7 cm³/mol. The summed E-state index contributed by atoms with van der Waals surface area (Å²) in [4.78, 5) is 8.34. The van der Waals surface area contributed by atoms with E-state index in [0.29, 0.717) is 5.96 Å². The zero-order chi connectivity index (χ0) is 11.8. The zero-order valence-electron chi connectivity index (χ0n) is 9.77. The van der Waals surface area contributed by atoms with E-state index in [4.69, 9.17) is 5.84 Å². The van der Waals surface area contributed by atoms with Gasteiger partial charge < -0.3 is 5.32 Å². The molecule has 0 saturated carbocycles. The first kappa shape index (κ1) is 12.4. The van der Waals surface area contributed by atoms with Gasteiger partial charge in [0.1, 0.15) is 0 Å². The van der Waals surface area contributed by atoms with Crippen LogP contribution in [0, 0.1) is 0 Å². The van der Waals surface area contributed by atoms with Crippen LogP contribution in [0.4, 0.5) is 0 Å². The number of pyridine rings is 1. The van der Waals surface area contributed by atoms with Crippen LogP contribution in [0.25, 0.3) is 0 Å². The van der Waals surface area contributed by atoms with E-state index in [0.717, 1.165) is 18.5 Å². The van der Waals surface area contributed by atoms with Crippen LogP contribution in [0.2, 0.25) is 0 Å². The summed E-state index contributed by atoms with van der Waals surface area (Å²) in [5.41, 5.74) is 3.66. The van der Waals surface area contributed by atoms with E-state index in [-0.39, 0.29) is 6.04 Å². The van der Waals surface area contributed by atoms with Crippen LogP contribution in [0.15, 0.2) is 29.5 Å². The number of hydrogen-bond acceptors (Lipinski definition) is 3. The van der Waals surface area contributed by atoms with Crippen molar-refractivity contribution in [1.82, 2.24) is 15.7 Å². The van der Waals surface area contributed by atoms with Gasteiger partial charge in [-0.05, 0) is 25.0 Å². The van der Waals surface area contributed by atoms with Gasteiger partial charge in [0.2, 0.25) is 5.96 Å². The summed E-state index contributed by atoms with van der Waals surface area (Å²) in [6, 6.07) is 4.05. The third-order valence-corrected chi connectivity index (χ3v) is 2.17. The highest BCUT2D eigenvalue weighted by Crippen LogP contribution is 2.08. The van der Waals surface area contributed by atoms with Crippen LogP contribution < -0.4 is 16.6 Å². The highest BCUT2D eigenvalue weighted by atomic mass is 15.3. The molecule has 1 aromatic rings. The summed E-state index contributed by atoms with van der Waals surface area (Å²) in [5.74, 6) is 5.99. The molecule has 0 fully saturated rings. The van der Waals surface area contributed by atoms with Gasteiger partial charge in [0, 0.05) is 18.9 Å². The average molecular weight is 221 g/mol. The number of aromatic nitrogens is 1. The van der Waals surface area contributed by atoms with Crippen molar-refractivity contribution in [2.75, 3.05) is 6.54 Å². The summed E-state index contributed by atoms with van der Waals surface area (Å²) >= 11 is 0. The third-order valence-electron chi connectivity index (χ3n) is 2.17. The SMILES string of the molecule is CCCN=C(NN)NC(C)c1cccnc1. The molecule has 1 unspecified atom stereocenters. The van der Waals surface area contributed by atoms with Crippen LogP contribution in [-0.4, -0.2) is 17.5 Å². The number of nitrogens with one attached hydrogen (secondary N) is 2. The van der Waals surface area contributed by atoms with E-state index < -0.39 is 0 Å². The number of nitrogens with zero attached hydrogens (tertiary/aromatic N) is 2.